The zero-order valence-corrected chi connectivity index (χ0v) is 10.7. The van der Waals surface area contributed by atoms with E-state index in [0.29, 0.717) is 5.41 Å². The van der Waals surface area contributed by atoms with Crippen LogP contribution in [0.5, 0.6) is 0 Å². The van der Waals surface area contributed by atoms with Gasteiger partial charge in [-0.3, -0.25) is 0 Å². The molecule has 0 N–H and O–H groups in total. The van der Waals surface area contributed by atoms with Crippen molar-refractivity contribution in [1.82, 2.24) is 4.90 Å². The summed E-state index contributed by atoms with van der Waals surface area (Å²) in [6.07, 6.45) is 6.11. The summed E-state index contributed by atoms with van der Waals surface area (Å²) in [6.45, 7) is 11.7. The van der Waals surface area contributed by atoms with Gasteiger partial charge in [0.25, 0.3) is 0 Å². The van der Waals surface area contributed by atoms with Crippen molar-refractivity contribution in [3.05, 3.63) is 23.3 Å². The van der Waals surface area contributed by atoms with Crippen LogP contribution < -0.4 is 0 Å². The molecular formula is C14H23N. The maximum atomic E-state index is 2.46. The molecule has 1 heterocycles. The summed E-state index contributed by atoms with van der Waals surface area (Å²) >= 11 is 0. The highest BCUT2D eigenvalue weighted by Gasteiger charge is 2.43. The van der Waals surface area contributed by atoms with E-state index < -0.39 is 0 Å². The number of hydrogen-bond donors (Lipinski definition) is 0. The average molecular weight is 205 g/mol. The van der Waals surface area contributed by atoms with Gasteiger partial charge in [0.15, 0.2) is 0 Å². The Kier molecular flexibility index (Phi) is 2.34. The van der Waals surface area contributed by atoms with Crippen LogP contribution in [-0.4, -0.2) is 25.0 Å². The first-order valence-electron chi connectivity index (χ1n) is 5.93. The van der Waals surface area contributed by atoms with Gasteiger partial charge in [0.2, 0.25) is 0 Å². The third-order valence-electron chi connectivity index (χ3n) is 4.39. The predicted molar refractivity (Wildman–Crippen MR) is 65.8 cm³/mol. The van der Waals surface area contributed by atoms with Crippen molar-refractivity contribution >= 4 is 0 Å². The molecule has 0 aromatic heterocycles. The number of allylic oxidation sites excluding steroid dienone is 2. The van der Waals surface area contributed by atoms with Crippen LogP contribution in [0.4, 0.5) is 0 Å². The van der Waals surface area contributed by atoms with Crippen molar-refractivity contribution in [3.8, 4) is 0 Å². The molecule has 0 spiro atoms. The first-order chi connectivity index (χ1) is 6.86. The van der Waals surface area contributed by atoms with Gasteiger partial charge in [-0.15, -0.1) is 0 Å². The van der Waals surface area contributed by atoms with E-state index in [0.717, 1.165) is 6.54 Å². The maximum absolute atomic E-state index is 2.46. The lowest BCUT2D eigenvalue weighted by Gasteiger charge is -2.49. The molecule has 1 heteroatoms. The quantitative estimate of drug-likeness (QED) is 0.549. The predicted octanol–water partition coefficient (Wildman–Crippen LogP) is 3.24. The van der Waals surface area contributed by atoms with Crippen molar-refractivity contribution in [3.63, 3.8) is 0 Å². The number of likely N-dealkylation sites (N-methyl/N-ethyl adjacent to an activating group) is 1. The highest BCUT2D eigenvalue weighted by atomic mass is 15.1. The molecule has 1 aliphatic carbocycles. The summed E-state index contributed by atoms with van der Waals surface area (Å²) in [5.74, 6) is 0. The fourth-order valence-electron chi connectivity index (χ4n) is 3.27. The normalized spacial score (nSPS) is 35.5. The van der Waals surface area contributed by atoms with Crippen LogP contribution in [0.2, 0.25) is 0 Å². The van der Waals surface area contributed by atoms with E-state index in [2.05, 4.69) is 51.8 Å². The molecule has 0 aromatic carbocycles. The molecule has 0 radical (unpaired) electrons. The SMILES string of the molecule is CC1=CC[C@]2(C)CN(C)CC=C2C1(C)C. The molecule has 84 valence electrons. The molecule has 0 aromatic rings. The van der Waals surface area contributed by atoms with Gasteiger partial charge in [-0.05, 0) is 20.4 Å². The summed E-state index contributed by atoms with van der Waals surface area (Å²) in [5, 5.41) is 0. The summed E-state index contributed by atoms with van der Waals surface area (Å²) in [4.78, 5) is 2.42. The average Bonchev–Trinajstić information content (AvgIpc) is 2.11. The Morgan fingerprint density at radius 3 is 2.53 bits per heavy atom. The first-order valence-corrected chi connectivity index (χ1v) is 5.93. The Morgan fingerprint density at radius 1 is 1.20 bits per heavy atom. The van der Waals surface area contributed by atoms with Crippen LogP contribution >= 0.6 is 0 Å². The Morgan fingerprint density at radius 2 is 1.87 bits per heavy atom. The minimum absolute atomic E-state index is 0.272. The summed E-state index contributed by atoms with van der Waals surface area (Å²) in [6, 6.07) is 0. The molecule has 0 amide bonds. The largest absolute Gasteiger partial charge is 0.302 e. The minimum Gasteiger partial charge on any atom is -0.302 e. The second-order valence-corrected chi connectivity index (χ2v) is 6.09. The summed E-state index contributed by atoms with van der Waals surface area (Å²) in [5.41, 5.74) is 3.84. The van der Waals surface area contributed by atoms with Gasteiger partial charge in [-0.2, -0.15) is 0 Å². The zero-order valence-electron chi connectivity index (χ0n) is 10.7. The zero-order chi connectivity index (χ0) is 11.3. The van der Waals surface area contributed by atoms with E-state index >= 15 is 0 Å². The summed E-state index contributed by atoms with van der Waals surface area (Å²) < 4.78 is 0. The van der Waals surface area contributed by atoms with Crippen LogP contribution in [0, 0.1) is 10.8 Å². The van der Waals surface area contributed by atoms with Crippen LogP contribution in [-0.2, 0) is 0 Å². The molecule has 0 bridgehead atoms. The second kappa shape index (κ2) is 3.21. The molecule has 1 atom stereocenters. The first kappa shape index (κ1) is 10.9. The highest BCUT2D eigenvalue weighted by molar-refractivity contribution is 5.37. The van der Waals surface area contributed by atoms with E-state index in [1.807, 2.05) is 0 Å². The molecule has 0 unspecified atom stereocenters. The molecule has 0 fully saturated rings. The minimum atomic E-state index is 0.272. The van der Waals surface area contributed by atoms with Gasteiger partial charge in [-0.1, -0.05) is 44.1 Å². The van der Waals surface area contributed by atoms with Crippen molar-refractivity contribution in [1.29, 1.82) is 0 Å². The highest BCUT2D eigenvalue weighted by Crippen LogP contribution is 2.51. The maximum Gasteiger partial charge on any atom is 0.0163 e. The molecule has 0 saturated carbocycles. The summed E-state index contributed by atoms with van der Waals surface area (Å²) in [7, 11) is 2.22. The van der Waals surface area contributed by atoms with Crippen LogP contribution in [0.15, 0.2) is 23.3 Å². The van der Waals surface area contributed by atoms with E-state index in [-0.39, 0.29) is 5.41 Å². The van der Waals surface area contributed by atoms with E-state index in [1.165, 1.54) is 18.5 Å². The third kappa shape index (κ3) is 1.57. The Balaban J connectivity index is 2.47. The van der Waals surface area contributed by atoms with Crippen molar-refractivity contribution < 1.29 is 0 Å². The van der Waals surface area contributed by atoms with Gasteiger partial charge >= 0.3 is 0 Å². The van der Waals surface area contributed by atoms with Gasteiger partial charge in [0.05, 0.1) is 0 Å². The van der Waals surface area contributed by atoms with Gasteiger partial charge < -0.3 is 4.90 Å². The number of fused-ring (bicyclic) bond motifs is 1. The van der Waals surface area contributed by atoms with Gasteiger partial charge in [0, 0.05) is 23.9 Å². The van der Waals surface area contributed by atoms with Gasteiger partial charge in [-0.25, -0.2) is 0 Å². The number of nitrogens with zero attached hydrogens (tertiary/aromatic N) is 1. The van der Waals surface area contributed by atoms with E-state index in [9.17, 15) is 0 Å². The molecule has 1 nitrogen and oxygen atoms in total. The van der Waals surface area contributed by atoms with Gasteiger partial charge in [0.1, 0.15) is 0 Å². The lowest BCUT2D eigenvalue weighted by atomic mass is 9.59. The smallest absolute Gasteiger partial charge is 0.0163 e. The third-order valence-corrected chi connectivity index (χ3v) is 4.39. The van der Waals surface area contributed by atoms with Crippen LogP contribution in [0.3, 0.4) is 0 Å². The molecule has 15 heavy (non-hydrogen) atoms. The molecular weight excluding hydrogens is 182 g/mol. The molecule has 0 saturated heterocycles. The Hall–Kier alpha value is -0.560. The second-order valence-electron chi connectivity index (χ2n) is 6.09. The monoisotopic (exact) mass is 205 g/mol. The standard InChI is InChI=1S/C14H23N/c1-11-6-8-14(4)10-15(5)9-7-12(14)13(11,2)3/h6-7H,8-10H2,1-5H3/t14-/m1/s1. The number of hydrogen-bond acceptors (Lipinski definition) is 1. The van der Waals surface area contributed by atoms with E-state index in [1.54, 1.807) is 5.57 Å². The topological polar surface area (TPSA) is 3.24 Å². The van der Waals surface area contributed by atoms with Crippen LogP contribution in [0.25, 0.3) is 0 Å². The van der Waals surface area contributed by atoms with Crippen molar-refractivity contribution in [2.45, 2.75) is 34.1 Å². The Bertz CT molecular complexity index is 335. The molecule has 2 rings (SSSR count). The lowest BCUT2D eigenvalue weighted by Crippen LogP contribution is -2.45. The fourth-order valence-corrected chi connectivity index (χ4v) is 3.27. The van der Waals surface area contributed by atoms with Crippen molar-refractivity contribution in [2.75, 3.05) is 20.1 Å². The number of rotatable bonds is 0. The Labute approximate surface area is 93.9 Å². The fraction of sp³-hybridized carbons (Fsp3) is 0.714. The van der Waals surface area contributed by atoms with Crippen molar-refractivity contribution in [2.24, 2.45) is 10.8 Å². The lowest BCUT2D eigenvalue weighted by molar-refractivity contribution is 0.185. The molecule has 2 aliphatic rings. The molecule has 1 aliphatic heterocycles. The van der Waals surface area contributed by atoms with Crippen LogP contribution in [0.1, 0.15) is 34.1 Å². The van der Waals surface area contributed by atoms with E-state index in [4.69, 9.17) is 0 Å².